The van der Waals surface area contributed by atoms with Gasteiger partial charge in [0.15, 0.2) is 11.5 Å². The molecule has 23 heavy (non-hydrogen) atoms. The van der Waals surface area contributed by atoms with Crippen LogP contribution < -0.4 is 9.47 Å². The number of hydrogen-bond acceptors (Lipinski definition) is 6. The first-order valence-electron chi connectivity index (χ1n) is 6.51. The van der Waals surface area contributed by atoms with E-state index >= 15 is 0 Å². The zero-order valence-electron chi connectivity index (χ0n) is 12.7. The van der Waals surface area contributed by atoms with Gasteiger partial charge in [0.05, 0.1) is 25.9 Å². The molecule has 6 nitrogen and oxygen atoms in total. The Kier molecular flexibility index (Phi) is 5.39. The predicted molar refractivity (Wildman–Crippen MR) is 90.8 cm³/mol. The number of rotatable bonds is 4. The van der Waals surface area contributed by atoms with E-state index in [0.717, 1.165) is 9.13 Å². The summed E-state index contributed by atoms with van der Waals surface area (Å²) in [6, 6.07) is 6.75. The molecule has 7 heteroatoms. The third-order valence-electron chi connectivity index (χ3n) is 3.13. The lowest BCUT2D eigenvalue weighted by Crippen LogP contribution is -2.09. The summed E-state index contributed by atoms with van der Waals surface area (Å²) in [5, 5.41) is 8.93. The Hall–Kier alpha value is -2.34. The number of pyridine rings is 1. The summed E-state index contributed by atoms with van der Waals surface area (Å²) >= 11 is 2.08. The number of carbonyl (C=O) groups excluding carboxylic acids is 1. The second kappa shape index (κ2) is 7.28. The average Bonchev–Trinajstić information content (AvgIpc) is 2.58. The van der Waals surface area contributed by atoms with Crippen molar-refractivity contribution >= 4 is 28.6 Å². The number of benzene rings is 1. The van der Waals surface area contributed by atoms with Crippen LogP contribution in [0.15, 0.2) is 24.4 Å². The smallest absolute Gasteiger partial charge is 0.343 e. The van der Waals surface area contributed by atoms with Crippen molar-refractivity contribution in [2.75, 3.05) is 14.2 Å². The summed E-state index contributed by atoms with van der Waals surface area (Å²) in [6.07, 6.45) is 1.60. The van der Waals surface area contributed by atoms with Crippen LogP contribution in [0.5, 0.6) is 17.4 Å². The minimum absolute atomic E-state index is 0.123. The third-order valence-corrected chi connectivity index (χ3v) is 4.22. The molecule has 1 aromatic heterocycles. The molecule has 0 fully saturated rings. The van der Waals surface area contributed by atoms with Crippen LogP contribution in [0.1, 0.15) is 21.5 Å². The van der Waals surface area contributed by atoms with E-state index in [-0.39, 0.29) is 11.4 Å². The monoisotopic (exact) mass is 424 g/mol. The summed E-state index contributed by atoms with van der Waals surface area (Å²) in [6.45, 7) is 1.79. The highest BCUT2D eigenvalue weighted by molar-refractivity contribution is 14.1. The number of carbonyl (C=O) groups is 1. The molecule has 118 valence electrons. The van der Waals surface area contributed by atoms with E-state index < -0.39 is 5.97 Å². The van der Waals surface area contributed by atoms with Gasteiger partial charge < -0.3 is 14.2 Å². The van der Waals surface area contributed by atoms with Crippen LogP contribution in [0.3, 0.4) is 0 Å². The topological polar surface area (TPSA) is 81.4 Å². The van der Waals surface area contributed by atoms with E-state index in [1.54, 1.807) is 31.3 Å². The van der Waals surface area contributed by atoms with Crippen LogP contribution >= 0.6 is 22.6 Å². The van der Waals surface area contributed by atoms with Gasteiger partial charge >= 0.3 is 5.97 Å². The van der Waals surface area contributed by atoms with Gasteiger partial charge in [-0.1, -0.05) is 0 Å². The highest BCUT2D eigenvalue weighted by Crippen LogP contribution is 2.34. The highest BCUT2D eigenvalue weighted by atomic mass is 127. The lowest BCUT2D eigenvalue weighted by atomic mass is 10.1. The number of nitrogens with zero attached hydrogens (tertiary/aromatic N) is 2. The lowest BCUT2D eigenvalue weighted by molar-refractivity contribution is 0.0596. The van der Waals surface area contributed by atoms with Gasteiger partial charge in [0.25, 0.3) is 0 Å². The van der Waals surface area contributed by atoms with E-state index in [1.807, 2.05) is 6.07 Å². The van der Waals surface area contributed by atoms with E-state index in [9.17, 15) is 4.79 Å². The maximum Gasteiger partial charge on any atom is 0.343 e. The van der Waals surface area contributed by atoms with Gasteiger partial charge in [-0.2, -0.15) is 5.26 Å². The molecule has 0 saturated carbocycles. The van der Waals surface area contributed by atoms with Crippen molar-refractivity contribution < 1.29 is 19.0 Å². The number of halogens is 1. The zero-order chi connectivity index (χ0) is 17.0. The van der Waals surface area contributed by atoms with Crippen molar-refractivity contribution in [1.82, 2.24) is 4.98 Å². The van der Waals surface area contributed by atoms with Gasteiger partial charge in [0, 0.05) is 15.8 Å². The Morgan fingerprint density at radius 1 is 1.30 bits per heavy atom. The number of methoxy groups -OCH3 is 2. The van der Waals surface area contributed by atoms with Crippen LogP contribution in [-0.4, -0.2) is 25.2 Å². The molecular weight excluding hydrogens is 411 g/mol. The summed E-state index contributed by atoms with van der Waals surface area (Å²) in [4.78, 5) is 16.2. The molecule has 0 aliphatic heterocycles. The number of hydrogen-bond donors (Lipinski definition) is 0. The summed E-state index contributed by atoms with van der Waals surface area (Å²) < 4.78 is 16.6. The number of nitriles is 1. The largest absolute Gasteiger partial charge is 0.493 e. The molecule has 0 bridgehead atoms. The van der Waals surface area contributed by atoms with Crippen molar-refractivity contribution in [1.29, 1.82) is 5.26 Å². The fourth-order valence-corrected chi connectivity index (χ4v) is 2.31. The van der Waals surface area contributed by atoms with Crippen LogP contribution in [0.2, 0.25) is 0 Å². The second-order valence-electron chi connectivity index (χ2n) is 4.48. The Morgan fingerprint density at radius 3 is 2.65 bits per heavy atom. The Balaban J connectivity index is 2.51. The fraction of sp³-hybridized carbons (Fsp3) is 0.188. The molecule has 0 aliphatic carbocycles. The third kappa shape index (κ3) is 3.53. The van der Waals surface area contributed by atoms with Gasteiger partial charge in [-0.25, -0.2) is 9.78 Å². The van der Waals surface area contributed by atoms with E-state index in [1.165, 1.54) is 14.2 Å². The molecule has 1 aromatic carbocycles. The maximum absolute atomic E-state index is 12.0. The van der Waals surface area contributed by atoms with Gasteiger partial charge in [-0.05, 0) is 47.2 Å². The average molecular weight is 424 g/mol. The van der Waals surface area contributed by atoms with Crippen molar-refractivity contribution in [3.8, 4) is 23.4 Å². The molecule has 0 amide bonds. The SMILES string of the molecule is COC(=O)c1c(Oc2ccc(C#N)cc2OC)ncc(I)c1C. The standard InChI is InChI=1S/C16H13IN2O4/c1-9-11(17)8-19-15(14(9)16(20)22-3)23-12-5-4-10(7-18)6-13(12)21-2/h4-6,8H,1-3H3. The van der Waals surface area contributed by atoms with E-state index in [4.69, 9.17) is 19.5 Å². The molecule has 0 radical (unpaired) electrons. The molecule has 2 aromatic rings. The number of ether oxygens (including phenoxy) is 3. The first-order chi connectivity index (χ1) is 11.0. The lowest BCUT2D eigenvalue weighted by Gasteiger charge is -2.14. The molecule has 0 N–H and O–H groups in total. The summed E-state index contributed by atoms with van der Waals surface area (Å²) in [7, 11) is 2.77. The van der Waals surface area contributed by atoms with Crippen LogP contribution in [0.25, 0.3) is 0 Å². The van der Waals surface area contributed by atoms with Crippen LogP contribution in [-0.2, 0) is 4.74 Å². The normalized spacial score (nSPS) is 9.87. The Bertz CT molecular complexity index is 799. The first-order valence-corrected chi connectivity index (χ1v) is 7.59. The quantitative estimate of drug-likeness (QED) is 0.553. The minimum atomic E-state index is -0.531. The minimum Gasteiger partial charge on any atom is -0.493 e. The fourth-order valence-electron chi connectivity index (χ4n) is 1.90. The number of esters is 1. The van der Waals surface area contributed by atoms with Crippen molar-refractivity contribution in [3.05, 3.63) is 44.7 Å². The highest BCUT2D eigenvalue weighted by Gasteiger charge is 2.21. The van der Waals surface area contributed by atoms with Gasteiger partial charge in [0.1, 0.15) is 5.56 Å². The van der Waals surface area contributed by atoms with Gasteiger partial charge in [0.2, 0.25) is 5.88 Å². The number of aromatic nitrogens is 1. The van der Waals surface area contributed by atoms with Gasteiger partial charge in [-0.3, -0.25) is 0 Å². The maximum atomic E-state index is 12.0. The summed E-state index contributed by atoms with van der Waals surface area (Å²) in [5.74, 6) is 0.316. The zero-order valence-corrected chi connectivity index (χ0v) is 14.9. The molecule has 0 spiro atoms. The predicted octanol–water partition coefficient (Wildman–Crippen LogP) is 3.45. The molecule has 1 heterocycles. The van der Waals surface area contributed by atoms with Gasteiger partial charge in [-0.15, -0.1) is 0 Å². The molecular formula is C16H13IN2O4. The Morgan fingerprint density at radius 2 is 2.04 bits per heavy atom. The first kappa shape index (κ1) is 17.0. The second-order valence-corrected chi connectivity index (χ2v) is 5.64. The molecule has 0 atom stereocenters. The molecule has 0 saturated heterocycles. The van der Waals surface area contributed by atoms with Crippen LogP contribution in [0, 0.1) is 21.8 Å². The van der Waals surface area contributed by atoms with Crippen LogP contribution in [0.4, 0.5) is 0 Å². The van der Waals surface area contributed by atoms with E-state index in [2.05, 4.69) is 27.6 Å². The Labute approximate surface area is 147 Å². The molecule has 0 unspecified atom stereocenters. The summed E-state index contributed by atoms with van der Waals surface area (Å²) in [5.41, 5.74) is 1.41. The van der Waals surface area contributed by atoms with Crippen molar-refractivity contribution in [2.45, 2.75) is 6.92 Å². The molecule has 0 aliphatic rings. The van der Waals surface area contributed by atoms with E-state index in [0.29, 0.717) is 17.1 Å². The molecule has 2 rings (SSSR count). The van der Waals surface area contributed by atoms with Crippen molar-refractivity contribution in [2.24, 2.45) is 0 Å². The van der Waals surface area contributed by atoms with Crippen molar-refractivity contribution in [3.63, 3.8) is 0 Å².